The van der Waals surface area contributed by atoms with Crippen LogP contribution in [0.4, 0.5) is 35.1 Å². The van der Waals surface area contributed by atoms with Gasteiger partial charge in [-0.05, 0) is 80.8 Å². The van der Waals surface area contributed by atoms with Gasteiger partial charge in [-0.25, -0.2) is 8.78 Å². The monoisotopic (exact) mass is 610 g/mol. The van der Waals surface area contributed by atoms with Crippen LogP contribution in [0.5, 0.6) is 11.5 Å². The van der Waals surface area contributed by atoms with Crippen LogP contribution in [-0.4, -0.2) is 12.7 Å². The molecule has 2 atom stereocenters. The molecule has 0 saturated carbocycles. The number of rotatable bonds is 4. The quantitative estimate of drug-likeness (QED) is 0.171. The zero-order valence-corrected chi connectivity index (χ0v) is 21.8. The molecule has 4 nitrogen and oxygen atoms in total. The maximum absolute atomic E-state index is 15.0. The Kier molecular flexibility index (Phi) is 6.62. The van der Waals surface area contributed by atoms with Crippen molar-refractivity contribution >= 4 is 21.9 Å². The van der Waals surface area contributed by atoms with Crippen LogP contribution in [-0.2, 0) is 0 Å². The van der Waals surface area contributed by atoms with Gasteiger partial charge in [0.1, 0.15) is 40.8 Å². The summed E-state index contributed by atoms with van der Waals surface area (Å²) >= 11 is 0. The fourth-order valence-electron chi connectivity index (χ4n) is 6.15. The standard InChI is InChI=1S/C32H14F8N2O2/c33-22-11-9-20-27-21(10-12-23(34)30(22)27)29-25(16-3-7-19(8-4-16)44-32(38,39)40)26(17(13-41)14-42)24(28(20)29)15-1-5-18(6-2-15)43-31(35,36)37/h1-12,24,28H. The van der Waals surface area contributed by atoms with Crippen LogP contribution in [0.1, 0.15) is 34.1 Å². The number of ether oxygens (including phenoxy) is 2. The van der Waals surface area contributed by atoms with Gasteiger partial charge in [0.05, 0.1) is 5.39 Å². The van der Waals surface area contributed by atoms with Crippen molar-refractivity contribution in [3.63, 3.8) is 0 Å². The molecule has 2 aliphatic rings. The average molecular weight is 610 g/mol. The Labute approximate surface area is 243 Å². The van der Waals surface area contributed by atoms with Crippen molar-refractivity contribution in [3.05, 3.63) is 118 Å². The van der Waals surface area contributed by atoms with Gasteiger partial charge >= 0.3 is 12.7 Å². The summed E-state index contributed by atoms with van der Waals surface area (Å²) in [6, 6.07) is 18.1. The lowest BCUT2D eigenvalue weighted by molar-refractivity contribution is -0.275. The summed E-state index contributed by atoms with van der Waals surface area (Å²) in [5.41, 5.74) is 1.91. The predicted octanol–water partition coefficient (Wildman–Crippen LogP) is 9.06. The fourth-order valence-corrected chi connectivity index (χ4v) is 6.15. The highest BCUT2D eigenvalue weighted by Gasteiger charge is 2.48. The van der Waals surface area contributed by atoms with Gasteiger partial charge in [-0.3, -0.25) is 0 Å². The first-order valence-electron chi connectivity index (χ1n) is 12.7. The second kappa shape index (κ2) is 10.1. The molecule has 0 saturated heterocycles. The van der Waals surface area contributed by atoms with E-state index in [9.17, 15) is 45.6 Å². The summed E-state index contributed by atoms with van der Waals surface area (Å²) in [6.07, 6.45) is -9.93. The third kappa shape index (κ3) is 4.78. The summed E-state index contributed by atoms with van der Waals surface area (Å²) in [5.74, 6) is -4.45. The first-order valence-corrected chi connectivity index (χ1v) is 12.7. The van der Waals surface area contributed by atoms with E-state index in [4.69, 9.17) is 0 Å². The van der Waals surface area contributed by atoms with E-state index in [1.807, 2.05) is 12.1 Å². The number of hydrogen-bond acceptors (Lipinski definition) is 4. The van der Waals surface area contributed by atoms with E-state index in [0.717, 1.165) is 36.4 Å². The largest absolute Gasteiger partial charge is 0.573 e. The maximum Gasteiger partial charge on any atom is 0.573 e. The van der Waals surface area contributed by atoms with E-state index in [1.54, 1.807) is 0 Å². The number of benzene rings is 4. The molecule has 0 amide bonds. The molecule has 0 bridgehead atoms. The van der Waals surface area contributed by atoms with E-state index in [0.29, 0.717) is 22.3 Å². The molecule has 6 rings (SSSR count). The van der Waals surface area contributed by atoms with Crippen LogP contribution in [0.15, 0.2) is 83.9 Å². The van der Waals surface area contributed by atoms with Crippen LogP contribution in [0.3, 0.4) is 0 Å². The Morgan fingerprint density at radius 1 is 0.636 bits per heavy atom. The molecule has 0 aliphatic heterocycles. The van der Waals surface area contributed by atoms with Crippen molar-refractivity contribution in [2.75, 3.05) is 0 Å². The smallest absolute Gasteiger partial charge is 0.406 e. The summed E-state index contributed by atoms with van der Waals surface area (Å²) in [5, 5.41) is 19.9. The molecule has 0 N–H and O–H groups in total. The van der Waals surface area contributed by atoms with Gasteiger partial charge in [-0.1, -0.05) is 36.4 Å². The summed E-state index contributed by atoms with van der Waals surface area (Å²) in [6.45, 7) is 0. The maximum atomic E-state index is 15.0. The first-order chi connectivity index (χ1) is 20.8. The highest BCUT2D eigenvalue weighted by molar-refractivity contribution is 6.16. The molecule has 0 spiro atoms. The first kappa shape index (κ1) is 28.7. The number of fused-ring (bicyclic) bond motifs is 3. The fraction of sp³-hybridized carbons (Fsp3) is 0.125. The minimum absolute atomic E-state index is 0.149. The molecule has 0 radical (unpaired) electrons. The molecule has 2 unspecified atom stereocenters. The van der Waals surface area contributed by atoms with Gasteiger partial charge in [0, 0.05) is 11.8 Å². The lowest BCUT2D eigenvalue weighted by Crippen LogP contribution is -2.17. The van der Waals surface area contributed by atoms with Gasteiger partial charge in [0.25, 0.3) is 0 Å². The van der Waals surface area contributed by atoms with Crippen molar-refractivity contribution in [2.45, 2.75) is 24.6 Å². The van der Waals surface area contributed by atoms with Crippen molar-refractivity contribution in [1.82, 2.24) is 0 Å². The molecule has 0 heterocycles. The molecule has 4 aromatic carbocycles. The SMILES string of the molecule is N#CC(C#N)=C1C(c2ccc(OC(F)(F)F)cc2)=C2c3ccc(F)c4c(F)ccc(c34)C2C1c1ccc(OC(F)(F)F)cc1. The van der Waals surface area contributed by atoms with Crippen molar-refractivity contribution in [3.8, 4) is 23.6 Å². The molecule has 0 aromatic heterocycles. The van der Waals surface area contributed by atoms with Crippen LogP contribution >= 0.6 is 0 Å². The highest BCUT2D eigenvalue weighted by Crippen LogP contribution is 2.65. The lowest BCUT2D eigenvalue weighted by Gasteiger charge is -2.23. The Morgan fingerprint density at radius 2 is 1.16 bits per heavy atom. The Bertz CT molecular complexity index is 1950. The highest BCUT2D eigenvalue weighted by atomic mass is 19.4. The molecular formula is C32H14F8N2O2. The zero-order valence-electron chi connectivity index (χ0n) is 21.8. The van der Waals surface area contributed by atoms with Gasteiger partial charge in [0.15, 0.2) is 0 Å². The van der Waals surface area contributed by atoms with Gasteiger partial charge in [0.2, 0.25) is 0 Å². The minimum atomic E-state index is -4.97. The van der Waals surface area contributed by atoms with Crippen LogP contribution in [0, 0.1) is 34.3 Å². The number of halogens is 8. The molecule has 44 heavy (non-hydrogen) atoms. The minimum Gasteiger partial charge on any atom is -0.406 e. The molecule has 4 aromatic rings. The van der Waals surface area contributed by atoms with E-state index < -0.39 is 47.7 Å². The lowest BCUT2D eigenvalue weighted by atomic mass is 9.79. The van der Waals surface area contributed by atoms with Crippen molar-refractivity contribution in [1.29, 1.82) is 10.5 Å². The number of alkyl halides is 6. The van der Waals surface area contributed by atoms with Gasteiger partial charge < -0.3 is 9.47 Å². The molecule has 0 fully saturated rings. The van der Waals surface area contributed by atoms with E-state index in [2.05, 4.69) is 9.47 Å². The third-order valence-electron chi connectivity index (χ3n) is 7.55. The number of allylic oxidation sites excluding steroid dienone is 4. The Morgan fingerprint density at radius 3 is 1.68 bits per heavy atom. The second-order valence-electron chi connectivity index (χ2n) is 9.93. The van der Waals surface area contributed by atoms with Crippen molar-refractivity contribution in [2.24, 2.45) is 0 Å². The van der Waals surface area contributed by atoms with Gasteiger partial charge in [-0.15, -0.1) is 26.3 Å². The van der Waals surface area contributed by atoms with E-state index >= 15 is 0 Å². The second-order valence-corrected chi connectivity index (χ2v) is 9.93. The molecule has 2 aliphatic carbocycles. The Balaban J connectivity index is 1.64. The number of hydrogen-bond donors (Lipinski definition) is 0. The number of nitrogens with zero attached hydrogens (tertiary/aromatic N) is 2. The van der Waals surface area contributed by atoms with Gasteiger partial charge in [-0.2, -0.15) is 10.5 Å². The average Bonchev–Trinajstić information content (AvgIpc) is 3.45. The molecule has 12 heteroatoms. The zero-order chi connectivity index (χ0) is 31.6. The summed E-state index contributed by atoms with van der Waals surface area (Å²) in [7, 11) is 0. The third-order valence-corrected chi connectivity index (χ3v) is 7.55. The summed E-state index contributed by atoms with van der Waals surface area (Å²) in [4.78, 5) is 0. The van der Waals surface area contributed by atoms with Crippen LogP contribution < -0.4 is 9.47 Å². The topological polar surface area (TPSA) is 66.0 Å². The van der Waals surface area contributed by atoms with E-state index in [1.165, 1.54) is 36.4 Å². The normalized spacial score (nSPS) is 17.4. The van der Waals surface area contributed by atoms with Crippen LogP contribution in [0.2, 0.25) is 0 Å². The molecule has 220 valence electrons. The summed E-state index contributed by atoms with van der Waals surface area (Å²) < 4.78 is 115. The van der Waals surface area contributed by atoms with Crippen molar-refractivity contribution < 1.29 is 44.6 Å². The van der Waals surface area contributed by atoms with E-state index in [-0.39, 0.29) is 33.1 Å². The number of nitriles is 2. The van der Waals surface area contributed by atoms with Crippen LogP contribution in [0.25, 0.3) is 21.9 Å². The molecular weight excluding hydrogens is 596 g/mol. The Hall–Kier alpha value is -5.36. The predicted molar refractivity (Wildman–Crippen MR) is 141 cm³/mol.